The molecule has 1 saturated carbocycles. The maximum Gasteiger partial charge on any atom is 0.129 e. The number of rotatable bonds is 4. The van der Waals surface area contributed by atoms with Crippen LogP contribution >= 0.6 is 0 Å². The number of anilines is 1. The molecule has 0 spiro atoms. The molecule has 0 bridgehead atoms. The van der Waals surface area contributed by atoms with E-state index < -0.39 is 5.60 Å². The zero-order valence-corrected chi connectivity index (χ0v) is 10.4. The van der Waals surface area contributed by atoms with Crippen molar-refractivity contribution in [3.8, 4) is 0 Å². The van der Waals surface area contributed by atoms with Crippen molar-refractivity contribution in [1.82, 2.24) is 9.97 Å². The van der Waals surface area contributed by atoms with E-state index in [2.05, 4.69) is 22.2 Å². The molecule has 4 heteroatoms. The molecule has 0 aliphatic heterocycles. The van der Waals surface area contributed by atoms with E-state index in [1.807, 2.05) is 6.07 Å². The van der Waals surface area contributed by atoms with Crippen LogP contribution in [0.15, 0.2) is 18.6 Å². The highest BCUT2D eigenvalue weighted by molar-refractivity contribution is 5.32. The van der Waals surface area contributed by atoms with Crippen molar-refractivity contribution in [2.75, 3.05) is 11.9 Å². The predicted molar refractivity (Wildman–Crippen MR) is 67.7 cm³/mol. The summed E-state index contributed by atoms with van der Waals surface area (Å²) in [5.74, 6) is 1.58. The van der Waals surface area contributed by atoms with Crippen LogP contribution in [-0.4, -0.2) is 27.2 Å². The number of nitrogens with zero attached hydrogens (tertiary/aromatic N) is 2. The second kappa shape index (κ2) is 5.45. The fourth-order valence-electron chi connectivity index (χ4n) is 2.45. The van der Waals surface area contributed by atoms with Crippen molar-refractivity contribution in [2.45, 2.75) is 44.6 Å². The minimum Gasteiger partial charge on any atom is -0.388 e. The van der Waals surface area contributed by atoms with Crippen molar-refractivity contribution in [1.29, 1.82) is 0 Å². The first-order valence-corrected chi connectivity index (χ1v) is 6.44. The highest BCUT2D eigenvalue weighted by atomic mass is 16.3. The highest BCUT2D eigenvalue weighted by Crippen LogP contribution is 2.33. The van der Waals surface area contributed by atoms with Crippen LogP contribution in [0.4, 0.5) is 5.82 Å². The maximum absolute atomic E-state index is 10.4. The number of nitrogens with one attached hydrogen (secondary N) is 1. The molecule has 0 radical (unpaired) electrons. The van der Waals surface area contributed by atoms with E-state index in [1.165, 1.54) is 12.7 Å². The third-order valence-electron chi connectivity index (χ3n) is 3.79. The lowest BCUT2D eigenvalue weighted by Gasteiger charge is -2.36. The fraction of sp³-hybridized carbons (Fsp3) is 0.692. The molecule has 1 aromatic rings. The monoisotopic (exact) mass is 235 g/mol. The van der Waals surface area contributed by atoms with E-state index in [9.17, 15) is 5.11 Å². The topological polar surface area (TPSA) is 58.0 Å². The molecular weight excluding hydrogens is 214 g/mol. The Bertz CT molecular complexity index is 334. The molecule has 1 aromatic heterocycles. The molecule has 0 amide bonds. The van der Waals surface area contributed by atoms with Gasteiger partial charge in [0.1, 0.15) is 12.1 Å². The zero-order chi connectivity index (χ0) is 12.1. The minimum absolute atomic E-state index is 0.559. The molecule has 0 aromatic carbocycles. The smallest absolute Gasteiger partial charge is 0.129 e. The van der Waals surface area contributed by atoms with Crippen molar-refractivity contribution in [2.24, 2.45) is 5.92 Å². The maximum atomic E-state index is 10.4. The third-order valence-corrected chi connectivity index (χ3v) is 3.79. The molecule has 0 atom stereocenters. The molecule has 4 nitrogen and oxygen atoms in total. The van der Waals surface area contributed by atoms with Crippen molar-refractivity contribution >= 4 is 5.82 Å². The van der Waals surface area contributed by atoms with E-state index in [0.717, 1.165) is 37.4 Å². The molecular formula is C13H21N3O. The average Bonchev–Trinajstić information content (AvgIpc) is 2.39. The molecule has 2 rings (SSSR count). The highest BCUT2D eigenvalue weighted by Gasteiger charge is 2.32. The van der Waals surface area contributed by atoms with Gasteiger partial charge in [-0.1, -0.05) is 13.3 Å². The summed E-state index contributed by atoms with van der Waals surface area (Å²) < 4.78 is 0. The van der Waals surface area contributed by atoms with Gasteiger partial charge in [0.25, 0.3) is 0 Å². The van der Waals surface area contributed by atoms with Crippen LogP contribution in [-0.2, 0) is 0 Å². The van der Waals surface area contributed by atoms with Crippen LogP contribution in [0.5, 0.6) is 0 Å². The van der Waals surface area contributed by atoms with Crippen LogP contribution < -0.4 is 5.32 Å². The Kier molecular flexibility index (Phi) is 3.94. The third kappa shape index (κ3) is 3.40. The summed E-state index contributed by atoms with van der Waals surface area (Å²) in [5.41, 5.74) is -0.559. The number of hydrogen-bond acceptors (Lipinski definition) is 4. The largest absolute Gasteiger partial charge is 0.388 e. The normalized spacial score (nSPS) is 28.9. The van der Waals surface area contributed by atoms with Crippen LogP contribution in [0.2, 0.25) is 0 Å². The molecule has 1 aliphatic carbocycles. The van der Waals surface area contributed by atoms with Gasteiger partial charge in [0, 0.05) is 12.7 Å². The van der Waals surface area contributed by atoms with Crippen LogP contribution in [0.1, 0.15) is 39.0 Å². The Hall–Kier alpha value is -1.16. The van der Waals surface area contributed by atoms with Crippen molar-refractivity contribution in [3.05, 3.63) is 18.6 Å². The molecule has 0 unspecified atom stereocenters. The Morgan fingerprint density at radius 1 is 1.47 bits per heavy atom. The van der Waals surface area contributed by atoms with E-state index in [1.54, 1.807) is 6.20 Å². The minimum atomic E-state index is -0.559. The second-order valence-corrected chi connectivity index (χ2v) is 5.02. The molecule has 2 N–H and O–H groups in total. The van der Waals surface area contributed by atoms with Crippen molar-refractivity contribution in [3.63, 3.8) is 0 Å². The summed E-state index contributed by atoms with van der Waals surface area (Å²) >= 11 is 0. The molecule has 17 heavy (non-hydrogen) atoms. The molecule has 1 heterocycles. The molecule has 1 fully saturated rings. The number of hydrogen-bond donors (Lipinski definition) is 2. The summed E-state index contributed by atoms with van der Waals surface area (Å²) in [6, 6.07) is 1.82. The molecule has 94 valence electrons. The van der Waals surface area contributed by atoms with Gasteiger partial charge in [-0.15, -0.1) is 0 Å². The van der Waals surface area contributed by atoms with Gasteiger partial charge in [0.2, 0.25) is 0 Å². The van der Waals surface area contributed by atoms with E-state index in [4.69, 9.17) is 0 Å². The van der Waals surface area contributed by atoms with Crippen LogP contribution in [0.25, 0.3) is 0 Å². The standard InChI is InChI=1S/C13H21N3O/c1-2-11-3-6-13(17,7-4-11)9-15-12-5-8-14-10-16-12/h5,8,10-11,17H,2-4,6-7,9H2,1H3,(H,14,15,16). The van der Waals surface area contributed by atoms with Gasteiger partial charge < -0.3 is 10.4 Å². The Balaban J connectivity index is 1.83. The Morgan fingerprint density at radius 3 is 2.82 bits per heavy atom. The predicted octanol–water partition coefficient (Wildman–Crippen LogP) is 2.22. The lowest BCUT2D eigenvalue weighted by atomic mass is 9.78. The van der Waals surface area contributed by atoms with E-state index in [0.29, 0.717) is 6.54 Å². The zero-order valence-electron chi connectivity index (χ0n) is 10.4. The van der Waals surface area contributed by atoms with Gasteiger partial charge in [0.05, 0.1) is 5.60 Å². The Morgan fingerprint density at radius 2 is 2.24 bits per heavy atom. The first-order valence-electron chi connectivity index (χ1n) is 6.44. The van der Waals surface area contributed by atoms with Gasteiger partial charge in [-0.2, -0.15) is 0 Å². The van der Waals surface area contributed by atoms with Crippen LogP contribution in [0.3, 0.4) is 0 Å². The van der Waals surface area contributed by atoms with Gasteiger partial charge in [-0.3, -0.25) is 0 Å². The van der Waals surface area contributed by atoms with Gasteiger partial charge in [-0.25, -0.2) is 9.97 Å². The first kappa shape index (κ1) is 12.3. The number of aliphatic hydroxyl groups is 1. The molecule has 0 saturated heterocycles. The van der Waals surface area contributed by atoms with Crippen LogP contribution in [0, 0.1) is 5.92 Å². The summed E-state index contributed by atoms with van der Waals surface area (Å²) in [5, 5.41) is 13.6. The second-order valence-electron chi connectivity index (χ2n) is 5.02. The van der Waals surface area contributed by atoms with Crippen molar-refractivity contribution < 1.29 is 5.11 Å². The molecule has 1 aliphatic rings. The lowest BCUT2D eigenvalue weighted by molar-refractivity contribution is 0.00223. The van der Waals surface area contributed by atoms with E-state index in [-0.39, 0.29) is 0 Å². The summed E-state index contributed by atoms with van der Waals surface area (Å²) in [4.78, 5) is 7.96. The lowest BCUT2D eigenvalue weighted by Crippen LogP contribution is -2.40. The Labute approximate surface area is 102 Å². The number of aromatic nitrogens is 2. The SMILES string of the molecule is CCC1CCC(O)(CNc2ccncn2)CC1. The fourth-order valence-corrected chi connectivity index (χ4v) is 2.45. The average molecular weight is 235 g/mol. The summed E-state index contributed by atoms with van der Waals surface area (Å²) in [7, 11) is 0. The van der Waals surface area contributed by atoms with Gasteiger partial charge in [-0.05, 0) is 37.7 Å². The van der Waals surface area contributed by atoms with Gasteiger partial charge >= 0.3 is 0 Å². The quantitative estimate of drug-likeness (QED) is 0.840. The van der Waals surface area contributed by atoms with E-state index >= 15 is 0 Å². The first-order chi connectivity index (χ1) is 8.22. The summed E-state index contributed by atoms with van der Waals surface area (Å²) in [6.07, 6.45) is 8.51. The summed E-state index contributed by atoms with van der Waals surface area (Å²) in [6.45, 7) is 2.81. The van der Waals surface area contributed by atoms with Gasteiger partial charge in [0.15, 0.2) is 0 Å².